The maximum Gasteiger partial charge on any atom is 0.411 e. The van der Waals surface area contributed by atoms with Gasteiger partial charge in [0.15, 0.2) is 49.5 Å². The molecule has 0 fully saturated rings. The summed E-state index contributed by atoms with van der Waals surface area (Å²) in [6.45, 7) is 21.1. The summed E-state index contributed by atoms with van der Waals surface area (Å²) < 4.78 is 103. The number of anilines is 5. The summed E-state index contributed by atoms with van der Waals surface area (Å²) in [4.78, 5) is 44.7. The Morgan fingerprint density at radius 1 is 0.528 bits per heavy atom. The van der Waals surface area contributed by atoms with Crippen LogP contribution in [0.15, 0.2) is 59.6 Å². The quantitative estimate of drug-likeness (QED) is 0.0547. The minimum atomic E-state index is -4.12. The molecule has 0 atom stereocenters. The number of nitrogens with zero attached hydrogens (tertiary/aromatic N) is 4. The molecule has 3 rings (SSSR count). The van der Waals surface area contributed by atoms with Crippen molar-refractivity contribution in [3.8, 4) is 0 Å². The van der Waals surface area contributed by atoms with E-state index in [4.69, 9.17) is 19.7 Å². The molecule has 21 nitrogen and oxygen atoms in total. The third-order valence-electron chi connectivity index (χ3n) is 10.4. The van der Waals surface area contributed by atoms with E-state index in [2.05, 4.69) is 44.2 Å². The molecule has 0 aliphatic rings. The van der Waals surface area contributed by atoms with Gasteiger partial charge in [0.25, 0.3) is 0 Å². The van der Waals surface area contributed by atoms with Crippen LogP contribution in [0.3, 0.4) is 0 Å². The number of aliphatic hydroxyl groups is 2. The highest BCUT2D eigenvalue weighted by Crippen LogP contribution is 2.26. The molecule has 0 radical (unpaired) electrons. The molecule has 72 heavy (non-hydrogen) atoms. The number of isocyanates is 1. The fraction of sp³-hybridized carbons (Fsp3) is 0.553. The fourth-order valence-corrected chi connectivity index (χ4v) is 14.1. The number of aryl methyl sites for hydroxylation is 3. The van der Waals surface area contributed by atoms with Crippen LogP contribution in [-0.4, -0.2) is 161 Å². The van der Waals surface area contributed by atoms with Crippen LogP contribution in [0.25, 0.3) is 0 Å². The zero-order chi connectivity index (χ0) is 54.0. The van der Waals surface area contributed by atoms with Crippen molar-refractivity contribution >= 4 is 91.7 Å². The van der Waals surface area contributed by atoms with Crippen molar-refractivity contribution in [3.63, 3.8) is 0 Å². The summed E-state index contributed by atoms with van der Waals surface area (Å²) in [5.74, 6) is -2.50. The van der Waals surface area contributed by atoms with Gasteiger partial charge in [-0.15, -0.1) is 0 Å². The number of ether oxygens (including phenoxy) is 2. The van der Waals surface area contributed by atoms with Crippen LogP contribution < -0.4 is 25.3 Å². The van der Waals surface area contributed by atoms with Gasteiger partial charge in [-0.2, -0.15) is 4.99 Å². The number of benzene rings is 3. The number of hydrogen-bond acceptors (Lipinski definition) is 19. The minimum absolute atomic E-state index is 0. The number of carbonyl (C=O) groups excluding carboxylic acids is 3. The SMILES string of the molecule is C.CCN(CC)c1ccc(N=C=O)c(C)c1.CCN(CC)c1ccc(NC(=O)OCCS(=O)(=O)CS(=O)(=O)CCOC(=O)Nc2ccc(N(CC)CC)cc2C)c(C)c1.O=S(=O)(CCO)CS(=O)(=O)CCO. The van der Waals surface area contributed by atoms with Gasteiger partial charge in [-0.1, -0.05) is 7.43 Å². The second-order valence-corrected chi connectivity index (χ2v) is 25.2. The second-order valence-electron chi connectivity index (χ2n) is 15.7. The van der Waals surface area contributed by atoms with Gasteiger partial charge in [-0.25, -0.2) is 48.1 Å². The van der Waals surface area contributed by atoms with E-state index in [-0.39, 0.29) is 7.43 Å². The maximum absolute atomic E-state index is 12.4. The lowest BCUT2D eigenvalue weighted by molar-refractivity contribution is 0.167. The largest absolute Gasteiger partial charge is 0.448 e. The van der Waals surface area contributed by atoms with Crippen molar-refractivity contribution in [3.05, 3.63) is 71.3 Å². The molecule has 2 amide bonds. The van der Waals surface area contributed by atoms with Crippen LogP contribution in [-0.2, 0) is 53.6 Å². The highest BCUT2D eigenvalue weighted by molar-refractivity contribution is 8.08. The number of aliphatic imine (C=N–C) groups is 1. The predicted molar refractivity (Wildman–Crippen MR) is 288 cm³/mol. The van der Waals surface area contributed by atoms with Gasteiger partial charge in [0.2, 0.25) is 6.08 Å². The number of hydrogen-bond donors (Lipinski definition) is 4. The van der Waals surface area contributed by atoms with Gasteiger partial charge in [-0.05, 0) is 134 Å². The lowest BCUT2D eigenvalue weighted by atomic mass is 10.1. The predicted octanol–water partition coefficient (Wildman–Crippen LogP) is 5.78. The number of amides is 2. The van der Waals surface area contributed by atoms with Crippen molar-refractivity contribution < 1.29 is 67.7 Å². The van der Waals surface area contributed by atoms with Crippen molar-refractivity contribution in [2.45, 2.75) is 69.7 Å². The van der Waals surface area contributed by atoms with Gasteiger partial charge in [0.1, 0.15) is 13.2 Å². The van der Waals surface area contributed by atoms with Crippen LogP contribution in [0.2, 0.25) is 0 Å². The monoisotopic (exact) mass is 1090 g/mol. The van der Waals surface area contributed by atoms with Crippen molar-refractivity contribution in [1.82, 2.24) is 0 Å². The van der Waals surface area contributed by atoms with Crippen LogP contribution >= 0.6 is 0 Å². The second kappa shape index (κ2) is 32.7. The molecule has 0 bridgehead atoms. The average Bonchev–Trinajstić information content (AvgIpc) is 3.27. The Balaban J connectivity index is 0.00000141. The molecule has 3 aromatic carbocycles. The normalized spacial score (nSPS) is 11.2. The molecule has 0 saturated carbocycles. The summed E-state index contributed by atoms with van der Waals surface area (Å²) in [7, 11) is -15.8. The first-order chi connectivity index (χ1) is 33.3. The summed E-state index contributed by atoms with van der Waals surface area (Å²) in [5, 5.41) is 19.6. The number of nitrogens with one attached hydrogen (secondary N) is 2. The van der Waals surface area contributed by atoms with Gasteiger partial charge >= 0.3 is 12.2 Å². The molecular formula is C47H76N6O15S4. The van der Waals surface area contributed by atoms with E-state index in [1.807, 2.05) is 90.9 Å². The standard InChI is InChI=1S/C29H44N4O8S2.C12H16N2O.C5H12O6S2.CH4/c1-7-32(8-2)24-11-13-26(22(5)19-24)30-28(34)40-15-17-42(36,37)21-43(38,39)18-16-41-29(35)31-27-14-12-25(20-23(27)6)33(9-3)10-4;1-4-14(5-2)11-6-7-12(13-9-15)10(3)8-11;6-1-3-12(8,9)5-13(10,11)4-2-7;/h11-14,19-20H,7-10,15-18,21H2,1-6H3,(H,30,34)(H,31,35);6-8H,4-5H2,1-3H3;6-7H,1-5H2;1H4. The molecule has 0 aliphatic heterocycles. The third-order valence-corrected chi connectivity index (χ3v) is 19.3. The Labute approximate surface area is 427 Å². The Bertz CT molecular complexity index is 2530. The smallest absolute Gasteiger partial charge is 0.411 e. The number of aliphatic hydroxyl groups excluding tert-OH is 2. The van der Waals surface area contributed by atoms with E-state index in [0.29, 0.717) is 17.1 Å². The molecule has 0 unspecified atom stereocenters. The summed E-state index contributed by atoms with van der Waals surface area (Å²) >= 11 is 0. The van der Waals surface area contributed by atoms with E-state index in [1.165, 1.54) is 5.69 Å². The van der Waals surface area contributed by atoms with Gasteiger partial charge in [-0.3, -0.25) is 10.6 Å². The van der Waals surface area contributed by atoms with Crippen molar-refractivity contribution in [2.75, 3.05) is 124 Å². The molecule has 0 aliphatic carbocycles. The highest BCUT2D eigenvalue weighted by Gasteiger charge is 2.24. The summed E-state index contributed by atoms with van der Waals surface area (Å²) in [6, 6.07) is 16.9. The molecular weight excluding hydrogens is 1020 g/mol. The number of rotatable bonds is 26. The topological polar surface area (TPSA) is 293 Å². The minimum Gasteiger partial charge on any atom is -0.448 e. The van der Waals surface area contributed by atoms with Crippen LogP contribution in [0.4, 0.5) is 43.7 Å². The molecule has 4 N–H and O–H groups in total. The highest BCUT2D eigenvalue weighted by atomic mass is 32.3. The van der Waals surface area contributed by atoms with Crippen molar-refractivity contribution in [2.24, 2.45) is 4.99 Å². The average molecular weight is 1090 g/mol. The van der Waals surface area contributed by atoms with Crippen LogP contribution in [0.5, 0.6) is 0 Å². The molecule has 0 spiro atoms. The molecule has 3 aromatic rings. The van der Waals surface area contributed by atoms with Gasteiger partial charge in [0, 0.05) is 67.7 Å². The third kappa shape index (κ3) is 24.9. The number of carbonyl (C=O) groups is 2. The molecule has 0 aromatic heterocycles. The van der Waals surface area contributed by atoms with Gasteiger partial charge in [0.05, 0.1) is 41.9 Å². The molecule has 25 heteroatoms. The van der Waals surface area contributed by atoms with E-state index >= 15 is 0 Å². The zero-order valence-corrected chi connectivity index (χ0v) is 45.4. The first kappa shape index (κ1) is 66.7. The van der Waals surface area contributed by atoms with Crippen LogP contribution in [0.1, 0.15) is 65.7 Å². The molecule has 408 valence electrons. The van der Waals surface area contributed by atoms with E-state index in [1.54, 1.807) is 18.2 Å². The summed E-state index contributed by atoms with van der Waals surface area (Å²) in [6.07, 6.45) is -0.143. The first-order valence-corrected chi connectivity index (χ1v) is 30.1. The van der Waals surface area contributed by atoms with E-state index in [0.717, 1.165) is 67.3 Å². The lowest BCUT2D eigenvalue weighted by Gasteiger charge is -2.22. The fourth-order valence-electron chi connectivity index (χ4n) is 6.62. The summed E-state index contributed by atoms with van der Waals surface area (Å²) in [5.41, 5.74) is 7.53. The van der Waals surface area contributed by atoms with Gasteiger partial charge < -0.3 is 34.4 Å². The Kier molecular flexibility index (Phi) is 30.3. The number of sulfone groups is 4. The van der Waals surface area contributed by atoms with E-state index in [9.17, 15) is 48.1 Å². The molecule has 0 saturated heterocycles. The lowest BCUT2D eigenvalue weighted by Crippen LogP contribution is -2.27. The Hall–Kier alpha value is -5.30. The van der Waals surface area contributed by atoms with E-state index < -0.39 is 111 Å². The Morgan fingerprint density at radius 3 is 1.11 bits per heavy atom. The molecule has 0 heterocycles. The maximum atomic E-state index is 12.4. The Morgan fingerprint density at radius 2 is 0.833 bits per heavy atom. The zero-order valence-electron chi connectivity index (χ0n) is 42.1. The first-order valence-electron chi connectivity index (χ1n) is 22.8. The van der Waals surface area contributed by atoms with Crippen LogP contribution in [0, 0.1) is 20.8 Å². The van der Waals surface area contributed by atoms with Crippen molar-refractivity contribution in [1.29, 1.82) is 0 Å².